The van der Waals surface area contributed by atoms with Crippen LogP contribution in [0.25, 0.3) is 21.8 Å². The number of rotatable bonds is 7. The summed E-state index contributed by atoms with van der Waals surface area (Å²) in [7, 11) is 2.17. The zero-order valence-corrected chi connectivity index (χ0v) is 19.9. The average molecular weight is 464 g/mol. The van der Waals surface area contributed by atoms with E-state index in [1.165, 1.54) is 6.33 Å². The van der Waals surface area contributed by atoms with Gasteiger partial charge in [-0.15, -0.1) is 0 Å². The summed E-state index contributed by atoms with van der Waals surface area (Å²) in [5.74, 6) is 0.838. The van der Waals surface area contributed by atoms with Gasteiger partial charge in [-0.1, -0.05) is 0 Å². The first-order chi connectivity index (χ1) is 16.5. The summed E-state index contributed by atoms with van der Waals surface area (Å²) < 4.78 is 27.0. The molecule has 0 spiro atoms. The van der Waals surface area contributed by atoms with E-state index in [1.54, 1.807) is 12.1 Å². The van der Waals surface area contributed by atoms with Gasteiger partial charge in [-0.2, -0.15) is 0 Å². The summed E-state index contributed by atoms with van der Waals surface area (Å²) in [6, 6.07) is 9.05. The lowest BCUT2D eigenvalue weighted by Gasteiger charge is -2.32. The molecule has 2 aromatic carbocycles. The number of ether oxygens (including phenoxy) is 2. The molecule has 1 N–H and O–H groups in total. The molecule has 34 heavy (non-hydrogen) atoms. The van der Waals surface area contributed by atoms with Gasteiger partial charge < -0.3 is 24.3 Å². The van der Waals surface area contributed by atoms with Gasteiger partial charge in [-0.25, -0.2) is 14.4 Å². The molecule has 0 aliphatic carbocycles. The van der Waals surface area contributed by atoms with Crippen LogP contribution in [0.1, 0.15) is 17.7 Å². The van der Waals surface area contributed by atoms with E-state index in [0.29, 0.717) is 23.4 Å². The lowest BCUT2D eigenvalue weighted by molar-refractivity contribution is 0.145. The largest absolute Gasteiger partial charge is 0.493 e. The van der Waals surface area contributed by atoms with Gasteiger partial charge >= 0.3 is 0 Å². The standard InChI is InChI=1S/C26H30FN5O2/c1-17-13-20-22(15-24(17)33-12-4-7-32-10-8-31(3)9-11-32)28-16-29-26(20)34-23-6-5-21-19(25(23)27)14-18(2)30-21/h5-6,13-16,30H,4,7-12H2,1-3H3. The highest BCUT2D eigenvalue weighted by Crippen LogP contribution is 2.34. The molecule has 0 saturated carbocycles. The van der Waals surface area contributed by atoms with Crippen LogP contribution < -0.4 is 9.47 Å². The Morgan fingerprint density at radius 3 is 2.65 bits per heavy atom. The van der Waals surface area contributed by atoms with Gasteiger partial charge in [0.2, 0.25) is 5.88 Å². The lowest BCUT2D eigenvalue weighted by atomic mass is 10.1. The Morgan fingerprint density at radius 1 is 1.00 bits per heavy atom. The summed E-state index contributed by atoms with van der Waals surface area (Å²) in [6.45, 7) is 10.0. The predicted octanol–water partition coefficient (Wildman–Crippen LogP) is 4.68. The molecular weight excluding hydrogens is 433 g/mol. The van der Waals surface area contributed by atoms with Crippen molar-refractivity contribution in [2.24, 2.45) is 0 Å². The van der Waals surface area contributed by atoms with Crippen LogP contribution in [0, 0.1) is 19.7 Å². The first kappa shape index (κ1) is 22.6. The average Bonchev–Trinajstić information content (AvgIpc) is 3.21. The number of aromatic nitrogens is 3. The second-order valence-electron chi connectivity index (χ2n) is 9.05. The summed E-state index contributed by atoms with van der Waals surface area (Å²) >= 11 is 0. The third kappa shape index (κ3) is 4.69. The van der Waals surface area contributed by atoms with Gasteiger partial charge in [0.1, 0.15) is 12.1 Å². The Bertz CT molecular complexity index is 1310. The SMILES string of the molecule is Cc1cc2c(F)c(Oc3ncnc4cc(OCCCN5CCN(C)CC5)c(C)cc34)ccc2[nH]1. The van der Waals surface area contributed by atoms with E-state index in [9.17, 15) is 0 Å². The highest BCUT2D eigenvalue weighted by atomic mass is 19.1. The van der Waals surface area contributed by atoms with Crippen molar-refractivity contribution in [2.45, 2.75) is 20.3 Å². The number of hydrogen-bond donors (Lipinski definition) is 1. The van der Waals surface area contributed by atoms with Crippen molar-refractivity contribution >= 4 is 21.8 Å². The van der Waals surface area contributed by atoms with E-state index in [0.717, 1.165) is 67.1 Å². The highest BCUT2D eigenvalue weighted by molar-refractivity contribution is 5.86. The molecule has 8 heteroatoms. The first-order valence-corrected chi connectivity index (χ1v) is 11.7. The van der Waals surface area contributed by atoms with E-state index in [1.807, 2.05) is 32.0 Å². The maximum absolute atomic E-state index is 15.0. The molecule has 1 fully saturated rings. The molecule has 1 aliphatic heterocycles. The van der Waals surface area contributed by atoms with Crippen LogP contribution in [0.4, 0.5) is 4.39 Å². The quantitative estimate of drug-likeness (QED) is 0.402. The van der Waals surface area contributed by atoms with Crippen LogP contribution in [-0.4, -0.2) is 71.1 Å². The molecule has 0 radical (unpaired) electrons. The summed E-state index contributed by atoms with van der Waals surface area (Å²) in [4.78, 5) is 16.6. The van der Waals surface area contributed by atoms with Gasteiger partial charge in [0.05, 0.1) is 17.5 Å². The number of nitrogens with one attached hydrogen (secondary N) is 1. The van der Waals surface area contributed by atoms with Crippen molar-refractivity contribution in [3.05, 3.63) is 53.7 Å². The van der Waals surface area contributed by atoms with Crippen molar-refractivity contribution in [3.8, 4) is 17.4 Å². The third-order valence-corrected chi connectivity index (χ3v) is 6.41. The Hall–Kier alpha value is -3.23. The molecule has 7 nitrogen and oxygen atoms in total. The molecule has 4 aromatic rings. The monoisotopic (exact) mass is 463 g/mol. The van der Waals surface area contributed by atoms with Crippen molar-refractivity contribution in [1.29, 1.82) is 0 Å². The van der Waals surface area contributed by atoms with E-state index >= 15 is 4.39 Å². The fraction of sp³-hybridized carbons (Fsp3) is 0.385. The number of piperazine rings is 1. The van der Waals surface area contributed by atoms with Crippen molar-refractivity contribution in [2.75, 3.05) is 46.4 Å². The molecular formula is C26H30FN5O2. The molecule has 3 heterocycles. The van der Waals surface area contributed by atoms with Gasteiger partial charge in [0.25, 0.3) is 0 Å². The Balaban J connectivity index is 1.29. The number of aromatic amines is 1. The summed E-state index contributed by atoms with van der Waals surface area (Å²) in [5, 5.41) is 1.21. The number of nitrogens with zero attached hydrogens (tertiary/aromatic N) is 4. The second-order valence-corrected chi connectivity index (χ2v) is 9.05. The number of likely N-dealkylation sites (N-methyl/N-ethyl adjacent to an activating group) is 1. The van der Waals surface area contributed by atoms with Crippen LogP contribution in [0.15, 0.2) is 36.7 Å². The predicted molar refractivity (Wildman–Crippen MR) is 131 cm³/mol. The number of aryl methyl sites for hydroxylation is 2. The summed E-state index contributed by atoms with van der Waals surface area (Å²) in [6.07, 6.45) is 2.40. The van der Waals surface area contributed by atoms with E-state index < -0.39 is 5.82 Å². The molecule has 0 bridgehead atoms. The fourth-order valence-electron chi connectivity index (χ4n) is 4.42. The Labute approximate surface area is 198 Å². The molecule has 0 amide bonds. The second kappa shape index (κ2) is 9.56. The van der Waals surface area contributed by atoms with E-state index in [-0.39, 0.29) is 5.75 Å². The molecule has 2 aromatic heterocycles. The van der Waals surface area contributed by atoms with Gasteiger partial charge in [0.15, 0.2) is 11.6 Å². The number of fused-ring (bicyclic) bond motifs is 2. The van der Waals surface area contributed by atoms with Crippen LogP contribution >= 0.6 is 0 Å². The van der Waals surface area contributed by atoms with Crippen LogP contribution in [-0.2, 0) is 0 Å². The van der Waals surface area contributed by atoms with Gasteiger partial charge in [-0.3, -0.25) is 0 Å². The van der Waals surface area contributed by atoms with Crippen molar-refractivity contribution < 1.29 is 13.9 Å². The van der Waals surface area contributed by atoms with Crippen LogP contribution in [0.2, 0.25) is 0 Å². The molecule has 1 saturated heterocycles. The molecule has 0 atom stereocenters. The zero-order chi connectivity index (χ0) is 23.7. The van der Waals surface area contributed by atoms with Gasteiger partial charge in [-0.05, 0) is 57.1 Å². The smallest absolute Gasteiger partial charge is 0.230 e. The Morgan fingerprint density at radius 2 is 1.82 bits per heavy atom. The molecule has 5 rings (SSSR count). The maximum Gasteiger partial charge on any atom is 0.230 e. The van der Waals surface area contributed by atoms with Crippen LogP contribution in [0.3, 0.4) is 0 Å². The third-order valence-electron chi connectivity index (χ3n) is 6.41. The lowest BCUT2D eigenvalue weighted by Crippen LogP contribution is -2.44. The van der Waals surface area contributed by atoms with Gasteiger partial charge in [0, 0.05) is 55.4 Å². The molecule has 1 aliphatic rings. The molecule has 178 valence electrons. The number of halogens is 1. The van der Waals surface area contributed by atoms with Crippen LogP contribution in [0.5, 0.6) is 17.4 Å². The fourth-order valence-corrected chi connectivity index (χ4v) is 4.42. The zero-order valence-electron chi connectivity index (χ0n) is 19.9. The number of benzene rings is 2. The minimum Gasteiger partial charge on any atom is -0.493 e. The minimum atomic E-state index is -0.411. The summed E-state index contributed by atoms with van der Waals surface area (Å²) in [5.41, 5.74) is 3.29. The minimum absolute atomic E-state index is 0.133. The first-order valence-electron chi connectivity index (χ1n) is 11.7. The highest BCUT2D eigenvalue weighted by Gasteiger charge is 2.16. The van der Waals surface area contributed by atoms with E-state index in [2.05, 4.69) is 31.8 Å². The van der Waals surface area contributed by atoms with Crippen molar-refractivity contribution in [1.82, 2.24) is 24.8 Å². The van der Waals surface area contributed by atoms with Crippen molar-refractivity contribution in [3.63, 3.8) is 0 Å². The normalized spacial score (nSPS) is 15.3. The Kier molecular flexibility index (Phi) is 6.34. The van der Waals surface area contributed by atoms with E-state index in [4.69, 9.17) is 9.47 Å². The topological polar surface area (TPSA) is 66.5 Å². The number of H-pyrrole nitrogens is 1. The molecule has 0 unspecified atom stereocenters. The maximum atomic E-state index is 15.0. The number of hydrogen-bond acceptors (Lipinski definition) is 6.